The van der Waals surface area contributed by atoms with Crippen molar-refractivity contribution in [3.8, 4) is 34.1 Å². The number of halogens is 1. The number of likely N-dealkylation sites (tertiary alicyclic amines) is 1. The highest BCUT2D eigenvalue weighted by molar-refractivity contribution is 6.33. The van der Waals surface area contributed by atoms with Crippen LogP contribution in [0.25, 0.3) is 44.6 Å². The first-order valence-electron chi connectivity index (χ1n) is 14.4. The van der Waals surface area contributed by atoms with Crippen molar-refractivity contribution in [1.29, 1.82) is 0 Å². The van der Waals surface area contributed by atoms with Crippen LogP contribution in [0, 0.1) is 0 Å². The van der Waals surface area contributed by atoms with Gasteiger partial charge in [-0.25, -0.2) is 0 Å². The highest BCUT2D eigenvalue weighted by Crippen LogP contribution is 2.43. The molecule has 2 aromatic heterocycles. The maximum Gasteiger partial charge on any atom is 0.197 e. The van der Waals surface area contributed by atoms with Gasteiger partial charge in [-0.05, 0) is 44.3 Å². The van der Waals surface area contributed by atoms with E-state index >= 15 is 0 Å². The zero-order valence-corrected chi connectivity index (χ0v) is 25.1. The van der Waals surface area contributed by atoms with E-state index in [0.29, 0.717) is 45.8 Å². The summed E-state index contributed by atoms with van der Waals surface area (Å²) in [5.74, 6) is -0.161. The molecule has 228 valence electrons. The number of fused-ring (bicyclic) bond motifs is 2. The van der Waals surface area contributed by atoms with E-state index in [1.807, 2.05) is 60.5 Å². The Hall–Kier alpha value is -4.89. The fourth-order valence-corrected chi connectivity index (χ4v) is 5.98. The second-order valence-corrected chi connectivity index (χ2v) is 11.5. The van der Waals surface area contributed by atoms with E-state index in [4.69, 9.17) is 20.4 Å². The Kier molecular flexibility index (Phi) is 8.45. The molecule has 3 N–H and O–H groups in total. The van der Waals surface area contributed by atoms with Crippen molar-refractivity contribution in [3.05, 3.63) is 128 Å². The first-order chi connectivity index (χ1) is 21.7. The third-order valence-corrected chi connectivity index (χ3v) is 8.32. The van der Waals surface area contributed by atoms with Gasteiger partial charge in [0.15, 0.2) is 10.9 Å². The lowest BCUT2D eigenvalue weighted by Crippen LogP contribution is -2.40. The average Bonchev–Trinajstić information content (AvgIpc) is 3.02. The summed E-state index contributed by atoms with van der Waals surface area (Å²) in [7, 11) is 1.91. The molecule has 7 rings (SSSR count). The number of likely N-dealkylation sites (N-methyl/N-ethyl adjacent to an activating group) is 1. The maximum atomic E-state index is 12.8. The number of nitrogens with zero attached hydrogens (tertiary/aromatic N) is 1. The molecule has 0 bridgehead atoms. The number of para-hydroxylation sites is 1. The van der Waals surface area contributed by atoms with E-state index in [1.54, 1.807) is 30.3 Å². The molecular formula is C36H30ClNO7. The second-order valence-electron chi connectivity index (χ2n) is 11.0. The molecule has 0 unspecified atom stereocenters. The van der Waals surface area contributed by atoms with Crippen molar-refractivity contribution in [2.75, 3.05) is 20.1 Å². The number of benzene rings is 4. The molecule has 6 aromatic rings. The SMILES string of the molecule is CN1CC[C@@H](c2c(O)cc(O)c3c(=O)cc(-c4ccccc4Cl)oc23)[C@@H](O)C1.O=c1cc(-c2ccccc2)oc2ccccc12. The molecule has 0 saturated carbocycles. The third kappa shape index (κ3) is 6.08. The summed E-state index contributed by atoms with van der Waals surface area (Å²) in [6.07, 6.45) is -0.169. The number of β-amino-alcohol motifs (C(OH)–C–C–N with tert-alkyl or cyclic N) is 1. The monoisotopic (exact) mass is 623 g/mol. The third-order valence-electron chi connectivity index (χ3n) is 7.99. The van der Waals surface area contributed by atoms with Gasteiger partial charge in [0.2, 0.25) is 0 Å². The lowest BCUT2D eigenvalue weighted by molar-refractivity contribution is 0.0630. The second kappa shape index (κ2) is 12.6. The first kappa shape index (κ1) is 30.1. The summed E-state index contributed by atoms with van der Waals surface area (Å²) >= 11 is 6.25. The predicted molar refractivity (Wildman–Crippen MR) is 175 cm³/mol. The van der Waals surface area contributed by atoms with Crippen LogP contribution < -0.4 is 10.9 Å². The summed E-state index contributed by atoms with van der Waals surface area (Å²) in [6, 6.07) is 27.8. The van der Waals surface area contributed by atoms with E-state index in [0.717, 1.165) is 18.2 Å². The fraction of sp³-hybridized carbons (Fsp3) is 0.167. The van der Waals surface area contributed by atoms with E-state index < -0.39 is 17.5 Å². The number of rotatable bonds is 3. The van der Waals surface area contributed by atoms with Crippen LogP contribution in [-0.4, -0.2) is 46.5 Å². The normalized spacial score (nSPS) is 16.8. The minimum Gasteiger partial charge on any atom is -0.507 e. The Balaban J connectivity index is 0.000000179. The number of aromatic hydroxyl groups is 2. The molecule has 1 aliphatic heterocycles. The zero-order chi connectivity index (χ0) is 31.7. The minimum atomic E-state index is -0.744. The zero-order valence-electron chi connectivity index (χ0n) is 24.3. The molecule has 1 saturated heterocycles. The molecular weight excluding hydrogens is 594 g/mol. The maximum absolute atomic E-state index is 12.8. The van der Waals surface area contributed by atoms with Crippen molar-refractivity contribution in [3.63, 3.8) is 0 Å². The van der Waals surface area contributed by atoms with Gasteiger partial charge in [0.1, 0.15) is 39.6 Å². The van der Waals surface area contributed by atoms with Gasteiger partial charge in [0, 0.05) is 47.4 Å². The largest absolute Gasteiger partial charge is 0.507 e. The fourth-order valence-electron chi connectivity index (χ4n) is 5.75. The number of phenols is 2. The standard InChI is InChI=1S/C21H20ClNO5.C15H10O2/c1-23-7-6-12(17(27)10-23)19-14(24)8-15(25)20-16(26)9-18(28-21(19)20)11-4-2-3-5-13(11)22;16-13-10-15(11-6-2-1-3-7-11)17-14-9-5-4-8-12(13)14/h2-5,8-9,12,17,24-25,27H,6-7,10H2,1H3;1-10H/t12-,17+;/m1./s1. The van der Waals surface area contributed by atoms with Crippen molar-refractivity contribution in [1.82, 2.24) is 4.90 Å². The topological polar surface area (TPSA) is 124 Å². The van der Waals surface area contributed by atoms with Crippen molar-refractivity contribution >= 4 is 33.5 Å². The van der Waals surface area contributed by atoms with E-state index in [-0.39, 0.29) is 33.7 Å². The minimum absolute atomic E-state index is 0.00861. The highest BCUT2D eigenvalue weighted by atomic mass is 35.5. The Bertz CT molecular complexity index is 2120. The van der Waals surface area contributed by atoms with E-state index in [2.05, 4.69) is 0 Å². The number of phenolic OH excluding ortho intramolecular Hbond substituents is 2. The van der Waals surface area contributed by atoms with Crippen LogP contribution in [0.5, 0.6) is 11.5 Å². The summed E-state index contributed by atoms with van der Waals surface area (Å²) in [5.41, 5.74) is 2.02. The Labute approximate surface area is 263 Å². The summed E-state index contributed by atoms with van der Waals surface area (Å²) in [6.45, 7) is 1.15. The van der Waals surface area contributed by atoms with E-state index in [1.165, 1.54) is 12.1 Å². The van der Waals surface area contributed by atoms with Crippen LogP contribution in [0.4, 0.5) is 0 Å². The van der Waals surface area contributed by atoms with Crippen LogP contribution in [0.1, 0.15) is 17.9 Å². The Morgan fingerprint density at radius 2 is 1.49 bits per heavy atom. The molecule has 2 atom stereocenters. The first-order valence-corrected chi connectivity index (χ1v) is 14.8. The van der Waals surface area contributed by atoms with Crippen molar-refractivity contribution < 1.29 is 24.2 Å². The number of piperidine rings is 1. The smallest absolute Gasteiger partial charge is 0.197 e. The van der Waals surface area contributed by atoms with Gasteiger partial charge in [0.25, 0.3) is 0 Å². The summed E-state index contributed by atoms with van der Waals surface area (Å²) in [4.78, 5) is 26.7. The molecule has 8 nitrogen and oxygen atoms in total. The average molecular weight is 624 g/mol. The Morgan fingerprint density at radius 1 is 0.800 bits per heavy atom. The molecule has 3 heterocycles. The van der Waals surface area contributed by atoms with Crippen LogP contribution in [0.15, 0.2) is 115 Å². The molecule has 1 fully saturated rings. The number of hydrogen-bond acceptors (Lipinski definition) is 8. The number of aliphatic hydroxyl groups is 1. The molecule has 1 aliphatic rings. The quantitative estimate of drug-likeness (QED) is 0.197. The number of hydrogen-bond donors (Lipinski definition) is 3. The van der Waals surface area contributed by atoms with Gasteiger partial charge in [0.05, 0.1) is 16.5 Å². The molecule has 0 spiro atoms. The molecule has 0 amide bonds. The highest BCUT2D eigenvalue weighted by Gasteiger charge is 2.33. The molecule has 45 heavy (non-hydrogen) atoms. The molecule has 4 aromatic carbocycles. The molecule has 9 heteroatoms. The number of aliphatic hydroxyl groups excluding tert-OH is 1. The van der Waals surface area contributed by atoms with Gasteiger partial charge in [-0.1, -0.05) is 66.2 Å². The van der Waals surface area contributed by atoms with Crippen molar-refractivity contribution in [2.45, 2.75) is 18.4 Å². The molecule has 0 aliphatic carbocycles. The Morgan fingerprint density at radius 3 is 2.24 bits per heavy atom. The van der Waals surface area contributed by atoms with Crippen LogP contribution in [-0.2, 0) is 0 Å². The van der Waals surface area contributed by atoms with Gasteiger partial charge in [-0.2, -0.15) is 0 Å². The summed E-state index contributed by atoms with van der Waals surface area (Å²) < 4.78 is 11.7. The lowest BCUT2D eigenvalue weighted by atomic mass is 9.85. The van der Waals surface area contributed by atoms with Crippen LogP contribution >= 0.6 is 11.6 Å². The van der Waals surface area contributed by atoms with Crippen LogP contribution in [0.2, 0.25) is 5.02 Å². The summed E-state index contributed by atoms with van der Waals surface area (Å²) in [5, 5.41) is 32.4. The van der Waals surface area contributed by atoms with Gasteiger partial charge < -0.3 is 29.1 Å². The van der Waals surface area contributed by atoms with E-state index in [9.17, 15) is 24.9 Å². The van der Waals surface area contributed by atoms with Crippen LogP contribution in [0.3, 0.4) is 0 Å². The van der Waals surface area contributed by atoms with Gasteiger partial charge >= 0.3 is 0 Å². The predicted octanol–water partition coefficient (Wildman–Crippen LogP) is 6.76. The lowest BCUT2D eigenvalue weighted by Gasteiger charge is -2.34. The van der Waals surface area contributed by atoms with Gasteiger partial charge in [-0.3, -0.25) is 9.59 Å². The molecule has 0 radical (unpaired) electrons. The van der Waals surface area contributed by atoms with Crippen molar-refractivity contribution in [2.24, 2.45) is 0 Å². The van der Waals surface area contributed by atoms with Gasteiger partial charge in [-0.15, -0.1) is 0 Å².